The molecule has 3 N–H and O–H groups in total. The summed E-state index contributed by atoms with van der Waals surface area (Å²) in [4.78, 5) is 35.1. The van der Waals surface area contributed by atoms with Crippen LogP contribution in [-0.4, -0.2) is 49.6 Å². The maximum absolute atomic E-state index is 15.2. The van der Waals surface area contributed by atoms with Crippen molar-refractivity contribution in [2.24, 2.45) is 0 Å². The number of carbonyl (C=O) groups is 2. The second-order valence-corrected chi connectivity index (χ2v) is 9.34. The lowest BCUT2D eigenvalue weighted by Crippen LogP contribution is -2.40. The molecule has 2 amide bonds. The van der Waals surface area contributed by atoms with Crippen LogP contribution in [0.25, 0.3) is 22.3 Å². The zero-order chi connectivity index (χ0) is 26.8. The molecule has 1 unspecified atom stereocenters. The molecule has 5 rings (SSSR count). The summed E-state index contributed by atoms with van der Waals surface area (Å²) in [6, 6.07) is 11.9. The van der Waals surface area contributed by atoms with Crippen molar-refractivity contribution < 1.29 is 14.0 Å². The molecule has 10 heteroatoms. The first-order valence-electron chi connectivity index (χ1n) is 12.4. The molecule has 3 heterocycles. The SMILES string of the molecule is C=CC(=O)N1CCCC(n2nc(-c3ccc(CNC(=O)c4ccccc4C)c(F)c3)c3c(N)ncnc32)C1. The first-order chi connectivity index (χ1) is 18.4. The van der Waals surface area contributed by atoms with Crippen LogP contribution in [0.4, 0.5) is 10.2 Å². The van der Waals surface area contributed by atoms with Gasteiger partial charge in [-0.05, 0) is 43.5 Å². The van der Waals surface area contributed by atoms with E-state index in [-0.39, 0.29) is 30.2 Å². The number of hydrogen-bond donors (Lipinski definition) is 2. The van der Waals surface area contributed by atoms with Crippen LogP contribution in [-0.2, 0) is 11.3 Å². The van der Waals surface area contributed by atoms with E-state index in [9.17, 15) is 9.59 Å². The number of nitrogens with zero attached hydrogens (tertiary/aromatic N) is 5. The third kappa shape index (κ3) is 4.72. The second kappa shape index (κ2) is 10.4. The normalized spacial score (nSPS) is 15.4. The van der Waals surface area contributed by atoms with Crippen LogP contribution >= 0.6 is 0 Å². The van der Waals surface area contributed by atoms with Crippen molar-refractivity contribution in [1.82, 2.24) is 30.0 Å². The quantitative estimate of drug-likeness (QED) is 0.379. The number of rotatable bonds is 6. The molecule has 0 saturated carbocycles. The van der Waals surface area contributed by atoms with Crippen LogP contribution in [0.3, 0.4) is 0 Å². The van der Waals surface area contributed by atoms with Crippen LogP contribution < -0.4 is 11.1 Å². The fourth-order valence-corrected chi connectivity index (χ4v) is 4.87. The molecule has 0 spiro atoms. The topological polar surface area (TPSA) is 119 Å². The molecule has 4 aromatic rings. The number of benzene rings is 2. The molecule has 2 aromatic carbocycles. The minimum atomic E-state index is -0.480. The van der Waals surface area contributed by atoms with Crippen molar-refractivity contribution in [3.05, 3.63) is 84.0 Å². The van der Waals surface area contributed by atoms with E-state index in [0.717, 1.165) is 18.4 Å². The van der Waals surface area contributed by atoms with Gasteiger partial charge in [0.2, 0.25) is 5.91 Å². The molecule has 0 radical (unpaired) electrons. The highest BCUT2D eigenvalue weighted by molar-refractivity contribution is 5.98. The number of nitrogen functional groups attached to an aromatic ring is 1. The zero-order valence-electron chi connectivity index (χ0n) is 21.0. The lowest BCUT2D eigenvalue weighted by Gasteiger charge is -2.32. The maximum atomic E-state index is 15.2. The highest BCUT2D eigenvalue weighted by atomic mass is 19.1. The summed E-state index contributed by atoms with van der Waals surface area (Å²) in [6.45, 7) is 6.58. The molecule has 1 aliphatic heterocycles. The van der Waals surface area contributed by atoms with Gasteiger partial charge in [-0.3, -0.25) is 9.59 Å². The van der Waals surface area contributed by atoms with Crippen molar-refractivity contribution in [3.63, 3.8) is 0 Å². The van der Waals surface area contributed by atoms with Crippen molar-refractivity contribution in [1.29, 1.82) is 0 Å². The fraction of sp³-hybridized carbons (Fsp3) is 0.250. The van der Waals surface area contributed by atoms with Crippen LogP contribution in [0.5, 0.6) is 0 Å². The van der Waals surface area contributed by atoms with Gasteiger partial charge in [0, 0.05) is 36.3 Å². The van der Waals surface area contributed by atoms with Gasteiger partial charge in [-0.2, -0.15) is 5.10 Å². The average molecular weight is 514 g/mol. The van der Waals surface area contributed by atoms with E-state index in [2.05, 4.69) is 21.9 Å². The summed E-state index contributed by atoms with van der Waals surface area (Å²) in [7, 11) is 0. The van der Waals surface area contributed by atoms with Gasteiger partial charge in [0.15, 0.2) is 5.65 Å². The van der Waals surface area contributed by atoms with E-state index in [1.165, 1.54) is 18.5 Å². The molecule has 38 heavy (non-hydrogen) atoms. The smallest absolute Gasteiger partial charge is 0.251 e. The van der Waals surface area contributed by atoms with Crippen LogP contribution in [0.1, 0.15) is 40.4 Å². The maximum Gasteiger partial charge on any atom is 0.251 e. The Morgan fingerprint density at radius 1 is 1.24 bits per heavy atom. The highest BCUT2D eigenvalue weighted by Gasteiger charge is 2.28. The predicted octanol–water partition coefficient (Wildman–Crippen LogP) is 3.80. The minimum absolute atomic E-state index is 0.0367. The number of nitrogens with one attached hydrogen (secondary N) is 1. The average Bonchev–Trinajstić information content (AvgIpc) is 3.33. The molecule has 1 saturated heterocycles. The summed E-state index contributed by atoms with van der Waals surface area (Å²) < 4.78 is 17.0. The van der Waals surface area contributed by atoms with Crippen molar-refractivity contribution in [3.8, 4) is 11.3 Å². The van der Waals surface area contributed by atoms with Crippen LogP contribution in [0.15, 0.2) is 61.4 Å². The summed E-state index contributed by atoms with van der Waals surface area (Å²) in [5.74, 6) is -0.641. The van der Waals surface area contributed by atoms with E-state index >= 15 is 4.39 Å². The number of fused-ring (bicyclic) bond motifs is 1. The molecule has 1 atom stereocenters. The van der Waals surface area contributed by atoms with E-state index < -0.39 is 5.82 Å². The number of amides is 2. The number of nitrogens with two attached hydrogens (primary N) is 1. The Labute approximate surface area is 219 Å². The molecule has 194 valence electrons. The number of carbonyl (C=O) groups excluding carboxylic acids is 2. The molecule has 1 aliphatic rings. The van der Waals surface area contributed by atoms with Gasteiger partial charge in [-0.25, -0.2) is 19.0 Å². The first-order valence-corrected chi connectivity index (χ1v) is 12.4. The Hall–Kier alpha value is -4.60. The van der Waals surface area contributed by atoms with Gasteiger partial charge >= 0.3 is 0 Å². The number of aromatic nitrogens is 4. The Kier molecular flexibility index (Phi) is 6.87. The number of anilines is 1. The number of piperidine rings is 1. The number of halogens is 1. The highest BCUT2D eigenvalue weighted by Crippen LogP contribution is 2.34. The number of aryl methyl sites for hydroxylation is 1. The van der Waals surface area contributed by atoms with E-state index in [0.29, 0.717) is 46.5 Å². The van der Waals surface area contributed by atoms with Crippen molar-refractivity contribution >= 4 is 28.7 Å². The molecule has 9 nitrogen and oxygen atoms in total. The van der Waals surface area contributed by atoms with Gasteiger partial charge in [0.25, 0.3) is 5.91 Å². The third-order valence-corrected chi connectivity index (χ3v) is 6.90. The Morgan fingerprint density at radius 2 is 2.05 bits per heavy atom. The van der Waals surface area contributed by atoms with Crippen molar-refractivity contribution in [2.75, 3.05) is 18.8 Å². The Balaban J connectivity index is 1.44. The lowest BCUT2D eigenvalue weighted by molar-refractivity contribution is -0.127. The molecule has 0 bridgehead atoms. The lowest BCUT2D eigenvalue weighted by atomic mass is 10.1. The molecule has 2 aromatic heterocycles. The molecule has 1 fully saturated rings. The number of hydrogen-bond acceptors (Lipinski definition) is 6. The fourth-order valence-electron chi connectivity index (χ4n) is 4.87. The summed E-state index contributed by atoms with van der Waals surface area (Å²) in [5, 5.41) is 8.10. The largest absolute Gasteiger partial charge is 0.383 e. The van der Waals surface area contributed by atoms with Gasteiger partial charge < -0.3 is 16.0 Å². The van der Waals surface area contributed by atoms with Gasteiger partial charge in [-0.15, -0.1) is 0 Å². The summed E-state index contributed by atoms with van der Waals surface area (Å²) in [6.07, 6.45) is 4.28. The third-order valence-electron chi connectivity index (χ3n) is 6.90. The Bertz CT molecular complexity index is 1550. The van der Waals surface area contributed by atoms with Gasteiger partial charge in [0.1, 0.15) is 23.7 Å². The summed E-state index contributed by atoms with van der Waals surface area (Å²) >= 11 is 0. The zero-order valence-corrected chi connectivity index (χ0v) is 21.0. The monoisotopic (exact) mass is 513 g/mol. The van der Waals surface area contributed by atoms with Gasteiger partial charge in [-0.1, -0.05) is 36.9 Å². The second-order valence-electron chi connectivity index (χ2n) is 9.34. The van der Waals surface area contributed by atoms with Crippen LogP contribution in [0, 0.1) is 12.7 Å². The number of likely N-dealkylation sites (tertiary alicyclic amines) is 1. The van der Waals surface area contributed by atoms with Gasteiger partial charge in [0.05, 0.1) is 11.4 Å². The predicted molar refractivity (Wildman–Crippen MR) is 143 cm³/mol. The Morgan fingerprint density at radius 3 is 2.82 bits per heavy atom. The minimum Gasteiger partial charge on any atom is -0.383 e. The van der Waals surface area contributed by atoms with E-state index in [1.54, 1.807) is 33.8 Å². The van der Waals surface area contributed by atoms with Crippen molar-refractivity contribution in [2.45, 2.75) is 32.4 Å². The molecule has 0 aliphatic carbocycles. The molecular weight excluding hydrogens is 485 g/mol. The van der Waals surface area contributed by atoms with Crippen LogP contribution in [0.2, 0.25) is 0 Å². The summed E-state index contributed by atoms with van der Waals surface area (Å²) in [5.41, 5.74) is 9.46. The first kappa shape index (κ1) is 25.1. The standard InChI is InChI=1S/C28H28FN7O2/c1-3-23(37)35-12-6-8-20(15-35)36-27-24(26(30)32-16-33-27)25(34-36)18-10-11-19(22(29)13-18)14-31-28(38)21-9-5-4-7-17(21)2/h3-5,7,9-11,13,16,20H,1,6,8,12,14-15H2,2H3,(H,31,38)(H2,30,32,33). The van der Waals surface area contributed by atoms with E-state index in [4.69, 9.17) is 10.8 Å². The van der Waals surface area contributed by atoms with E-state index in [1.807, 2.05) is 19.1 Å². The molecular formula is C28H28FN7O2.